The summed E-state index contributed by atoms with van der Waals surface area (Å²) in [7, 11) is 0. The second-order valence-corrected chi connectivity index (χ2v) is 5.78. The molecule has 0 unspecified atom stereocenters. The van der Waals surface area contributed by atoms with Gasteiger partial charge in [-0.15, -0.1) is 0 Å². The zero-order chi connectivity index (χ0) is 19.2. The van der Waals surface area contributed by atoms with Crippen LogP contribution in [-0.4, -0.2) is 33.7 Å². The normalized spacial score (nSPS) is 10.4. The van der Waals surface area contributed by atoms with Crippen LogP contribution in [0.25, 0.3) is 22.4 Å². The van der Waals surface area contributed by atoms with Gasteiger partial charge in [-0.2, -0.15) is 5.10 Å². The molecule has 1 aromatic heterocycles. The van der Waals surface area contributed by atoms with Crippen molar-refractivity contribution >= 4 is 11.9 Å². The molecule has 27 heavy (non-hydrogen) atoms. The lowest BCUT2D eigenvalue weighted by Crippen LogP contribution is -2.32. The first-order valence-electron chi connectivity index (χ1n) is 8.31. The van der Waals surface area contributed by atoms with E-state index in [0.29, 0.717) is 16.8 Å². The standard InChI is InChI=1S/C20H17N3O4/c24-15(25)11-12-21-19(26)17-16(13-7-3-1-4-8-13)18(22-23-20(17)27)14-9-5-2-6-10-14/h1-10H,11-12H2,(H,21,26)(H,23,27)(H,24,25). The molecule has 3 rings (SSSR count). The molecule has 0 fully saturated rings. The van der Waals surface area contributed by atoms with Crippen molar-refractivity contribution in [2.75, 3.05) is 6.54 Å². The Morgan fingerprint density at radius 2 is 1.56 bits per heavy atom. The van der Waals surface area contributed by atoms with Crippen molar-refractivity contribution < 1.29 is 14.7 Å². The SMILES string of the molecule is O=C(O)CCNC(=O)c1c(-c2ccccc2)c(-c2ccccc2)n[nH]c1=O. The summed E-state index contributed by atoms with van der Waals surface area (Å²) in [5.74, 6) is -1.68. The Kier molecular flexibility index (Phi) is 5.41. The summed E-state index contributed by atoms with van der Waals surface area (Å²) in [6.07, 6.45) is -0.235. The number of aromatic nitrogens is 2. The Morgan fingerprint density at radius 3 is 2.15 bits per heavy atom. The Morgan fingerprint density at radius 1 is 0.963 bits per heavy atom. The average molecular weight is 363 g/mol. The Hall–Kier alpha value is -3.74. The summed E-state index contributed by atoms with van der Waals surface area (Å²) in [6, 6.07) is 18.2. The van der Waals surface area contributed by atoms with E-state index in [2.05, 4.69) is 15.5 Å². The van der Waals surface area contributed by atoms with Crippen LogP contribution in [0.5, 0.6) is 0 Å². The van der Waals surface area contributed by atoms with E-state index in [9.17, 15) is 14.4 Å². The Balaban J connectivity index is 2.16. The first-order chi connectivity index (χ1) is 13.1. The quantitative estimate of drug-likeness (QED) is 0.622. The highest BCUT2D eigenvalue weighted by Crippen LogP contribution is 2.31. The van der Waals surface area contributed by atoms with Crippen LogP contribution in [0.1, 0.15) is 16.8 Å². The minimum atomic E-state index is -1.04. The van der Waals surface area contributed by atoms with E-state index < -0.39 is 17.4 Å². The molecule has 0 saturated carbocycles. The number of nitrogens with zero attached hydrogens (tertiary/aromatic N) is 1. The third-order valence-electron chi connectivity index (χ3n) is 3.94. The molecular formula is C20H17N3O4. The number of H-pyrrole nitrogens is 1. The molecule has 136 valence electrons. The van der Waals surface area contributed by atoms with Gasteiger partial charge >= 0.3 is 5.97 Å². The molecule has 2 aromatic carbocycles. The number of aromatic amines is 1. The van der Waals surface area contributed by atoms with Gasteiger partial charge in [0.1, 0.15) is 5.56 Å². The first kappa shape index (κ1) is 18.1. The minimum absolute atomic E-state index is 0.0785. The fourth-order valence-corrected chi connectivity index (χ4v) is 2.73. The van der Waals surface area contributed by atoms with Gasteiger partial charge in [0.15, 0.2) is 0 Å². The van der Waals surface area contributed by atoms with Gasteiger partial charge in [0.25, 0.3) is 11.5 Å². The molecule has 3 N–H and O–H groups in total. The Bertz CT molecular complexity index is 1010. The average Bonchev–Trinajstić information content (AvgIpc) is 2.68. The summed E-state index contributed by atoms with van der Waals surface area (Å²) in [6.45, 7) is -0.0785. The summed E-state index contributed by atoms with van der Waals surface area (Å²) in [5.41, 5.74) is 1.54. The zero-order valence-corrected chi connectivity index (χ0v) is 14.3. The number of amides is 1. The number of carboxylic acid groups (broad SMARTS) is 1. The number of aliphatic carboxylic acids is 1. The molecule has 0 aliphatic heterocycles. The molecule has 1 heterocycles. The number of nitrogens with one attached hydrogen (secondary N) is 2. The number of hydrogen-bond acceptors (Lipinski definition) is 4. The molecule has 0 bridgehead atoms. The van der Waals surface area contributed by atoms with Crippen LogP contribution in [0, 0.1) is 0 Å². The monoisotopic (exact) mass is 363 g/mol. The highest BCUT2D eigenvalue weighted by atomic mass is 16.4. The summed E-state index contributed by atoms with van der Waals surface area (Å²) in [4.78, 5) is 35.8. The van der Waals surface area contributed by atoms with Crippen molar-refractivity contribution in [2.45, 2.75) is 6.42 Å². The van der Waals surface area contributed by atoms with E-state index in [-0.39, 0.29) is 18.5 Å². The van der Waals surface area contributed by atoms with Crippen LogP contribution in [0.3, 0.4) is 0 Å². The minimum Gasteiger partial charge on any atom is -0.481 e. The fraction of sp³-hybridized carbons (Fsp3) is 0.100. The van der Waals surface area contributed by atoms with Crippen LogP contribution >= 0.6 is 0 Å². The molecule has 0 radical (unpaired) electrons. The van der Waals surface area contributed by atoms with Crippen molar-refractivity contribution in [1.29, 1.82) is 0 Å². The molecule has 0 aliphatic rings. The van der Waals surface area contributed by atoms with Gasteiger partial charge in [0.05, 0.1) is 12.1 Å². The number of carboxylic acids is 1. The van der Waals surface area contributed by atoms with E-state index in [4.69, 9.17) is 5.11 Å². The summed E-state index contributed by atoms with van der Waals surface area (Å²) < 4.78 is 0. The van der Waals surface area contributed by atoms with Crippen LogP contribution in [0.2, 0.25) is 0 Å². The maximum Gasteiger partial charge on any atom is 0.305 e. The topological polar surface area (TPSA) is 112 Å². The number of rotatable bonds is 6. The molecule has 3 aromatic rings. The highest BCUT2D eigenvalue weighted by molar-refractivity contribution is 6.03. The van der Waals surface area contributed by atoms with Crippen LogP contribution in [-0.2, 0) is 4.79 Å². The molecule has 1 amide bonds. The smallest absolute Gasteiger partial charge is 0.305 e. The van der Waals surface area contributed by atoms with Crippen molar-refractivity contribution in [3.05, 3.63) is 76.6 Å². The van der Waals surface area contributed by atoms with Crippen molar-refractivity contribution in [3.8, 4) is 22.4 Å². The molecule has 0 aliphatic carbocycles. The van der Waals surface area contributed by atoms with Gasteiger partial charge in [-0.3, -0.25) is 14.4 Å². The molecular weight excluding hydrogens is 346 g/mol. The van der Waals surface area contributed by atoms with E-state index in [0.717, 1.165) is 5.56 Å². The van der Waals surface area contributed by atoms with Gasteiger partial charge < -0.3 is 10.4 Å². The first-order valence-corrected chi connectivity index (χ1v) is 8.31. The number of carbonyl (C=O) groups excluding carboxylic acids is 1. The second-order valence-electron chi connectivity index (χ2n) is 5.78. The van der Waals surface area contributed by atoms with E-state index in [1.165, 1.54) is 0 Å². The van der Waals surface area contributed by atoms with Crippen LogP contribution in [0.15, 0.2) is 65.5 Å². The van der Waals surface area contributed by atoms with Gasteiger partial charge in [0, 0.05) is 17.7 Å². The molecule has 7 nitrogen and oxygen atoms in total. The molecule has 0 atom stereocenters. The number of carbonyl (C=O) groups is 2. The van der Waals surface area contributed by atoms with Crippen molar-refractivity contribution in [1.82, 2.24) is 15.5 Å². The van der Waals surface area contributed by atoms with Gasteiger partial charge in [-0.1, -0.05) is 60.7 Å². The Labute approximate surface area is 154 Å². The summed E-state index contributed by atoms with van der Waals surface area (Å²) >= 11 is 0. The van der Waals surface area contributed by atoms with Crippen molar-refractivity contribution in [2.24, 2.45) is 0 Å². The van der Waals surface area contributed by atoms with E-state index >= 15 is 0 Å². The second kappa shape index (κ2) is 8.09. The maximum atomic E-state index is 12.7. The third-order valence-corrected chi connectivity index (χ3v) is 3.94. The van der Waals surface area contributed by atoms with Gasteiger partial charge in [-0.05, 0) is 5.56 Å². The predicted molar refractivity (Wildman–Crippen MR) is 100 cm³/mol. The van der Waals surface area contributed by atoms with Crippen LogP contribution in [0.4, 0.5) is 0 Å². The lowest BCUT2D eigenvalue weighted by Gasteiger charge is -2.13. The third kappa shape index (κ3) is 4.09. The van der Waals surface area contributed by atoms with Crippen LogP contribution < -0.4 is 10.9 Å². The lowest BCUT2D eigenvalue weighted by atomic mass is 9.95. The van der Waals surface area contributed by atoms with Crippen molar-refractivity contribution in [3.63, 3.8) is 0 Å². The molecule has 0 saturated heterocycles. The molecule has 7 heteroatoms. The maximum absolute atomic E-state index is 12.7. The highest BCUT2D eigenvalue weighted by Gasteiger charge is 2.22. The summed E-state index contributed by atoms with van der Waals surface area (Å²) in [5, 5.41) is 17.8. The van der Waals surface area contributed by atoms with E-state index in [1.807, 2.05) is 36.4 Å². The fourth-order valence-electron chi connectivity index (χ4n) is 2.73. The molecule has 0 spiro atoms. The van der Waals surface area contributed by atoms with Gasteiger partial charge in [0.2, 0.25) is 0 Å². The number of hydrogen-bond donors (Lipinski definition) is 3. The van der Waals surface area contributed by atoms with Gasteiger partial charge in [-0.25, -0.2) is 5.10 Å². The predicted octanol–water partition coefficient (Wildman–Crippen LogP) is 2.31. The number of benzene rings is 2. The zero-order valence-electron chi connectivity index (χ0n) is 14.3. The largest absolute Gasteiger partial charge is 0.481 e. The van der Waals surface area contributed by atoms with E-state index in [1.54, 1.807) is 24.3 Å². The lowest BCUT2D eigenvalue weighted by molar-refractivity contribution is -0.136.